The number of rotatable bonds is 39. The Hall–Kier alpha value is -0.890. The van der Waals surface area contributed by atoms with Gasteiger partial charge in [-0.05, 0) is 18.8 Å². The van der Waals surface area contributed by atoms with Crippen molar-refractivity contribution in [1.82, 2.24) is 5.32 Å². The number of aliphatic hydroxyl groups is 7. The number of amides is 1. The highest BCUT2D eigenvalue weighted by atomic mass is 16.7. The number of aliphatic hydroxyl groups excluding tert-OH is 7. The smallest absolute Gasteiger partial charge is 0.249 e. The first kappa shape index (κ1) is 64.2. The van der Waals surface area contributed by atoms with E-state index in [1.54, 1.807) is 0 Å². The fraction of sp³-hybridized carbons (Fsp3) is 0.981. The zero-order chi connectivity index (χ0) is 47.5. The van der Waals surface area contributed by atoms with Gasteiger partial charge in [0.15, 0.2) is 6.29 Å². The van der Waals surface area contributed by atoms with Gasteiger partial charge < -0.3 is 50.5 Å². The van der Waals surface area contributed by atoms with Gasteiger partial charge in [-0.15, -0.1) is 0 Å². The molecule has 1 saturated heterocycles. The highest BCUT2D eigenvalue weighted by molar-refractivity contribution is 5.80. The van der Waals surface area contributed by atoms with Crippen molar-refractivity contribution in [3.63, 3.8) is 0 Å². The molecule has 1 aliphatic heterocycles. The summed E-state index contributed by atoms with van der Waals surface area (Å²) < 4.78 is 10.9. The Balaban J connectivity index is 0. The molecular weight excluding hydrogens is 799 g/mol. The standard InChI is InChI=1S/C29H57NO10.C14H30.C9H20/c1-3-5-7-9-11-13-15-17-22(33)28(38)30-20(24(34)21(32)16-14-12-10-8-6-4-2)19-39-29-27(37)26(36)25(35)23(18-31)40-29;1-3-5-7-9-11-13-14-12-10-8-6-4-2;1-4-6-7-8-9(3)5-2/h20-27,29,31-37H,3-19H2,1-2H3,(H,30,38);3-14H2,1-2H3;9H,4-8H2,1-3H3/t20-,21+,22+,23?,24-,25-,26-,27?,29-;;/m0../s1. The molecule has 380 valence electrons. The predicted molar refractivity (Wildman–Crippen MR) is 261 cm³/mol. The van der Waals surface area contributed by atoms with E-state index in [0.29, 0.717) is 19.3 Å². The first-order chi connectivity index (χ1) is 30.4. The van der Waals surface area contributed by atoms with Crippen molar-refractivity contribution in [3.05, 3.63) is 0 Å². The lowest BCUT2D eigenvalue weighted by Gasteiger charge is -2.40. The zero-order valence-electron chi connectivity index (χ0n) is 42.2. The highest BCUT2D eigenvalue weighted by Crippen LogP contribution is 2.23. The van der Waals surface area contributed by atoms with E-state index < -0.39 is 74.2 Å². The summed E-state index contributed by atoms with van der Waals surface area (Å²) in [6.07, 6.45) is 26.9. The van der Waals surface area contributed by atoms with Crippen LogP contribution in [0.1, 0.15) is 254 Å². The molecule has 0 spiro atoms. The summed E-state index contributed by atoms with van der Waals surface area (Å²) in [5.41, 5.74) is 0. The number of ether oxygens (including phenoxy) is 2. The first-order valence-electron chi connectivity index (χ1n) is 26.7. The molecule has 8 N–H and O–H groups in total. The van der Waals surface area contributed by atoms with Crippen LogP contribution in [0.5, 0.6) is 0 Å². The van der Waals surface area contributed by atoms with Crippen molar-refractivity contribution in [2.45, 2.75) is 309 Å². The van der Waals surface area contributed by atoms with Gasteiger partial charge in [0.05, 0.1) is 25.4 Å². The molecule has 0 aromatic rings. The van der Waals surface area contributed by atoms with Gasteiger partial charge >= 0.3 is 0 Å². The van der Waals surface area contributed by atoms with Gasteiger partial charge in [0, 0.05) is 0 Å². The van der Waals surface area contributed by atoms with Crippen LogP contribution in [0.3, 0.4) is 0 Å². The minimum atomic E-state index is -1.65. The molecule has 0 aliphatic carbocycles. The average molecular weight is 906 g/mol. The van der Waals surface area contributed by atoms with Gasteiger partial charge in [0.25, 0.3) is 0 Å². The van der Waals surface area contributed by atoms with Crippen molar-refractivity contribution in [3.8, 4) is 0 Å². The average Bonchev–Trinajstić information content (AvgIpc) is 3.28. The maximum atomic E-state index is 12.8. The quantitative estimate of drug-likeness (QED) is 0.0276. The molecule has 1 fully saturated rings. The van der Waals surface area contributed by atoms with Gasteiger partial charge in [-0.3, -0.25) is 4.79 Å². The summed E-state index contributed by atoms with van der Waals surface area (Å²) in [5.74, 6) is 0.246. The lowest BCUT2D eigenvalue weighted by atomic mass is 9.98. The molecule has 0 bridgehead atoms. The number of carbonyl (C=O) groups is 1. The predicted octanol–water partition coefficient (Wildman–Crippen LogP) is 10.6. The lowest BCUT2D eigenvalue weighted by molar-refractivity contribution is -0.303. The molecule has 63 heavy (non-hydrogen) atoms. The third kappa shape index (κ3) is 35.9. The van der Waals surface area contributed by atoms with Gasteiger partial charge in [-0.1, -0.05) is 241 Å². The summed E-state index contributed by atoms with van der Waals surface area (Å²) >= 11 is 0. The minimum Gasteiger partial charge on any atom is -0.394 e. The molecular formula is C52H107NO10. The zero-order valence-corrected chi connectivity index (χ0v) is 42.2. The number of carbonyl (C=O) groups excluding carboxylic acids is 1. The molecule has 1 aliphatic rings. The van der Waals surface area contributed by atoms with Gasteiger partial charge in [-0.2, -0.15) is 0 Å². The van der Waals surface area contributed by atoms with Crippen molar-refractivity contribution in [2.24, 2.45) is 5.92 Å². The Morgan fingerprint density at radius 2 is 0.921 bits per heavy atom. The summed E-state index contributed by atoms with van der Waals surface area (Å²) in [7, 11) is 0. The van der Waals surface area contributed by atoms with Crippen molar-refractivity contribution in [2.75, 3.05) is 13.2 Å². The summed E-state index contributed by atoms with van der Waals surface area (Å²) in [6.45, 7) is 14.7. The van der Waals surface area contributed by atoms with E-state index in [9.17, 15) is 40.5 Å². The van der Waals surface area contributed by atoms with Crippen LogP contribution in [0.15, 0.2) is 0 Å². The second-order valence-corrected chi connectivity index (χ2v) is 18.7. The van der Waals surface area contributed by atoms with Gasteiger partial charge in [0.1, 0.15) is 36.6 Å². The van der Waals surface area contributed by atoms with E-state index >= 15 is 0 Å². The maximum absolute atomic E-state index is 12.8. The molecule has 1 heterocycles. The van der Waals surface area contributed by atoms with Crippen LogP contribution in [0.4, 0.5) is 0 Å². The summed E-state index contributed by atoms with van der Waals surface area (Å²) in [5, 5.41) is 74.2. The van der Waals surface area contributed by atoms with Crippen LogP contribution >= 0.6 is 0 Å². The Morgan fingerprint density at radius 3 is 1.33 bits per heavy atom. The molecule has 11 nitrogen and oxygen atoms in total. The van der Waals surface area contributed by atoms with Crippen molar-refractivity contribution in [1.29, 1.82) is 0 Å². The fourth-order valence-corrected chi connectivity index (χ4v) is 7.77. The molecule has 1 rings (SSSR count). The van der Waals surface area contributed by atoms with Crippen molar-refractivity contribution < 1.29 is 50.0 Å². The molecule has 0 aromatic heterocycles. The minimum absolute atomic E-state index is 0.260. The Labute approximate surface area is 388 Å². The monoisotopic (exact) mass is 906 g/mol. The number of unbranched alkanes of at least 4 members (excludes halogenated alkanes) is 24. The van der Waals surface area contributed by atoms with E-state index in [4.69, 9.17) is 9.47 Å². The van der Waals surface area contributed by atoms with E-state index in [0.717, 1.165) is 57.3 Å². The molecule has 0 saturated carbocycles. The normalized spacial score (nSPS) is 21.0. The number of nitrogens with one attached hydrogen (secondary N) is 1. The van der Waals surface area contributed by atoms with Crippen LogP contribution in [-0.2, 0) is 14.3 Å². The SMILES string of the molecule is CCCCCC(C)CC.CCCCCCCCCCCCCC.CCCCCCCCC[C@@H](O)C(=O)N[C@@H](CO[C@H]1OC(CO)[C@H](O)[C@H](O)C1O)[C@H](O)[C@H](O)CCCCCCCC. The van der Waals surface area contributed by atoms with Crippen LogP contribution in [0.2, 0.25) is 0 Å². The summed E-state index contributed by atoms with van der Waals surface area (Å²) in [6, 6.07) is -1.15. The van der Waals surface area contributed by atoms with E-state index in [1.807, 2.05) is 0 Å². The topological polar surface area (TPSA) is 189 Å². The fourth-order valence-electron chi connectivity index (χ4n) is 7.77. The molecule has 1 amide bonds. The molecule has 0 radical (unpaired) electrons. The molecule has 0 aromatic carbocycles. The van der Waals surface area contributed by atoms with Crippen LogP contribution in [-0.4, -0.2) is 110 Å². The first-order valence-corrected chi connectivity index (χ1v) is 26.7. The largest absolute Gasteiger partial charge is 0.394 e. The lowest BCUT2D eigenvalue weighted by Crippen LogP contribution is -2.60. The Morgan fingerprint density at radius 1 is 0.540 bits per heavy atom. The Bertz CT molecular complexity index is 933. The summed E-state index contributed by atoms with van der Waals surface area (Å²) in [4.78, 5) is 12.8. The molecule has 3 unspecified atom stereocenters. The van der Waals surface area contributed by atoms with Crippen molar-refractivity contribution >= 4 is 5.91 Å². The van der Waals surface area contributed by atoms with Gasteiger partial charge in [0.2, 0.25) is 5.91 Å². The second-order valence-electron chi connectivity index (χ2n) is 18.7. The van der Waals surface area contributed by atoms with Crippen LogP contribution in [0, 0.1) is 5.92 Å². The number of hydrogen-bond donors (Lipinski definition) is 8. The molecule has 10 atom stereocenters. The second kappa shape index (κ2) is 46.2. The van der Waals surface area contributed by atoms with E-state index in [2.05, 4.69) is 53.8 Å². The van der Waals surface area contributed by atoms with E-state index in [1.165, 1.54) is 128 Å². The van der Waals surface area contributed by atoms with Crippen LogP contribution in [0.25, 0.3) is 0 Å². The maximum Gasteiger partial charge on any atom is 0.249 e. The molecule has 11 heteroatoms. The number of hydrogen-bond acceptors (Lipinski definition) is 10. The third-order valence-electron chi connectivity index (χ3n) is 12.6. The highest BCUT2D eigenvalue weighted by Gasteiger charge is 2.44. The van der Waals surface area contributed by atoms with Crippen LogP contribution < -0.4 is 5.32 Å². The van der Waals surface area contributed by atoms with Gasteiger partial charge in [-0.25, -0.2) is 0 Å². The van der Waals surface area contributed by atoms with E-state index in [-0.39, 0.29) is 6.42 Å². The third-order valence-corrected chi connectivity index (χ3v) is 12.6. The Kier molecular flexibility index (Phi) is 47.1.